The van der Waals surface area contributed by atoms with Gasteiger partial charge < -0.3 is 10.6 Å². The summed E-state index contributed by atoms with van der Waals surface area (Å²) in [4.78, 5) is 16.2. The van der Waals surface area contributed by atoms with E-state index in [-0.39, 0.29) is 5.91 Å². The summed E-state index contributed by atoms with van der Waals surface area (Å²) in [5.74, 6) is 0.438. The largest absolute Gasteiger partial charge is 0.370 e. The Morgan fingerprint density at radius 1 is 1.38 bits per heavy atom. The fraction of sp³-hybridized carbons (Fsp3) is 0.357. The normalized spacial score (nSPS) is 10.4. The number of nitrogens with one attached hydrogen (secondary N) is 2. The van der Waals surface area contributed by atoms with Crippen molar-refractivity contribution in [2.45, 2.75) is 19.9 Å². The van der Waals surface area contributed by atoms with Crippen molar-refractivity contribution < 1.29 is 4.79 Å². The first-order chi connectivity index (χ1) is 10.2. The van der Waals surface area contributed by atoms with Crippen molar-refractivity contribution >= 4 is 23.3 Å². The number of pyridine rings is 1. The summed E-state index contributed by atoms with van der Waals surface area (Å²) in [6.07, 6.45) is 4.53. The first-order valence-electron chi connectivity index (χ1n) is 6.86. The Morgan fingerprint density at radius 3 is 2.95 bits per heavy atom. The summed E-state index contributed by atoms with van der Waals surface area (Å²) in [5, 5.41) is 10.3. The number of aromatic nitrogens is 3. The quantitative estimate of drug-likeness (QED) is 0.769. The fourth-order valence-corrected chi connectivity index (χ4v) is 2.00. The Hall–Kier alpha value is -2.08. The maximum absolute atomic E-state index is 12.1. The highest BCUT2D eigenvalue weighted by Gasteiger charge is 2.09. The molecule has 0 radical (unpaired) electrons. The van der Waals surface area contributed by atoms with Gasteiger partial charge in [0.1, 0.15) is 11.0 Å². The van der Waals surface area contributed by atoms with Crippen LogP contribution >= 0.6 is 11.6 Å². The summed E-state index contributed by atoms with van der Waals surface area (Å²) in [6.45, 7) is 3.96. The first-order valence-corrected chi connectivity index (χ1v) is 7.24. The second-order valence-corrected chi connectivity index (χ2v) is 4.90. The fourth-order valence-electron chi connectivity index (χ4n) is 1.79. The number of hydrogen-bond acceptors (Lipinski definition) is 4. The standard InChI is InChI=1S/C14H18ClN5O/c1-2-4-16-13-10-11(9-12(15)19-13)14(21)17-6-8-20-7-3-5-18-20/h3,5,7,9-10H,2,4,6,8H2,1H3,(H,16,19)(H,17,21). The van der Waals surface area contributed by atoms with Gasteiger partial charge in [-0.1, -0.05) is 18.5 Å². The van der Waals surface area contributed by atoms with E-state index in [0.29, 0.717) is 29.6 Å². The molecule has 2 heterocycles. The van der Waals surface area contributed by atoms with Gasteiger partial charge in [0.2, 0.25) is 0 Å². The van der Waals surface area contributed by atoms with Crippen LogP contribution in [-0.2, 0) is 6.54 Å². The minimum atomic E-state index is -0.175. The second kappa shape index (κ2) is 7.64. The predicted octanol–water partition coefficient (Wildman–Crippen LogP) is 2.18. The summed E-state index contributed by atoms with van der Waals surface area (Å²) in [6, 6.07) is 5.10. The Morgan fingerprint density at radius 2 is 2.24 bits per heavy atom. The van der Waals surface area contributed by atoms with Crippen LogP contribution in [0.15, 0.2) is 30.6 Å². The molecular formula is C14H18ClN5O. The molecule has 1 amide bonds. The zero-order valence-corrected chi connectivity index (χ0v) is 12.6. The van der Waals surface area contributed by atoms with Gasteiger partial charge in [0.25, 0.3) is 5.91 Å². The molecule has 0 aliphatic carbocycles. The highest BCUT2D eigenvalue weighted by atomic mass is 35.5. The van der Waals surface area contributed by atoms with E-state index in [2.05, 4.69) is 27.6 Å². The number of rotatable bonds is 7. The van der Waals surface area contributed by atoms with E-state index >= 15 is 0 Å². The highest BCUT2D eigenvalue weighted by Crippen LogP contribution is 2.14. The average molecular weight is 308 g/mol. The molecule has 21 heavy (non-hydrogen) atoms. The van der Waals surface area contributed by atoms with E-state index in [9.17, 15) is 4.79 Å². The van der Waals surface area contributed by atoms with Gasteiger partial charge in [0, 0.05) is 31.0 Å². The van der Waals surface area contributed by atoms with Gasteiger partial charge in [-0.15, -0.1) is 0 Å². The molecule has 0 aliphatic heterocycles. The van der Waals surface area contributed by atoms with Crippen LogP contribution in [-0.4, -0.2) is 33.8 Å². The van der Waals surface area contributed by atoms with Crippen LogP contribution in [0.1, 0.15) is 23.7 Å². The molecule has 0 fully saturated rings. The zero-order chi connectivity index (χ0) is 15.1. The molecular weight excluding hydrogens is 290 g/mol. The van der Waals surface area contributed by atoms with Gasteiger partial charge in [0.05, 0.1) is 6.54 Å². The SMILES string of the molecule is CCCNc1cc(C(=O)NCCn2cccn2)cc(Cl)n1. The maximum Gasteiger partial charge on any atom is 0.251 e. The Bertz CT molecular complexity index is 585. The van der Waals surface area contributed by atoms with Crippen LogP contribution in [0.2, 0.25) is 5.15 Å². The molecule has 0 bridgehead atoms. The molecule has 6 nitrogen and oxygen atoms in total. The minimum absolute atomic E-state index is 0.175. The molecule has 0 aromatic carbocycles. The van der Waals surface area contributed by atoms with Crippen molar-refractivity contribution in [3.8, 4) is 0 Å². The van der Waals surface area contributed by atoms with Crippen LogP contribution < -0.4 is 10.6 Å². The molecule has 0 atom stereocenters. The number of amides is 1. The van der Waals surface area contributed by atoms with Crippen LogP contribution in [0.5, 0.6) is 0 Å². The van der Waals surface area contributed by atoms with Crippen molar-refractivity contribution in [2.75, 3.05) is 18.4 Å². The molecule has 0 saturated carbocycles. The third-order valence-electron chi connectivity index (χ3n) is 2.80. The van der Waals surface area contributed by atoms with Crippen LogP contribution in [0.4, 0.5) is 5.82 Å². The lowest BCUT2D eigenvalue weighted by molar-refractivity contribution is 0.0952. The monoisotopic (exact) mass is 307 g/mol. The van der Waals surface area contributed by atoms with Crippen LogP contribution in [0, 0.1) is 0 Å². The number of anilines is 1. The third kappa shape index (κ3) is 4.75. The topological polar surface area (TPSA) is 71.8 Å². The Labute approximate surface area is 128 Å². The predicted molar refractivity (Wildman–Crippen MR) is 82.6 cm³/mol. The number of nitrogens with zero attached hydrogens (tertiary/aromatic N) is 3. The van der Waals surface area contributed by atoms with Gasteiger partial charge >= 0.3 is 0 Å². The van der Waals surface area contributed by atoms with Crippen LogP contribution in [0.25, 0.3) is 0 Å². The zero-order valence-electron chi connectivity index (χ0n) is 11.8. The Kier molecular flexibility index (Phi) is 5.57. The Balaban J connectivity index is 1.93. The lowest BCUT2D eigenvalue weighted by Gasteiger charge is -2.09. The molecule has 0 saturated heterocycles. The van der Waals surface area contributed by atoms with E-state index in [1.165, 1.54) is 0 Å². The molecule has 0 unspecified atom stereocenters. The smallest absolute Gasteiger partial charge is 0.251 e. The molecule has 2 aromatic heterocycles. The molecule has 0 aliphatic rings. The average Bonchev–Trinajstić information content (AvgIpc) is 2.97. The number of carbonyl (C=O) groups excluding carboxylic acids is 1. The lowest BCUT2D eigenvalue weighted by atomic mass is 10.2. The number of halogens is 1. The van der Waals surface area contributed by atoms with E-state index in [1.807, 2.05) is 12.3 Å². The van der Waals surface area contributed by atoms with Gasteiger partial charge in [0.15, 0.2) is 0 Å². The number of hydrogen-bond donors (Lipinski definition) is 2. The van der Waals surface area contributed by atoms with Crippen molar-refractivity contribution in [2.24, 2.45) is 0 Å². The van der Waals surface area contributed by atoms with E-state index in [0.717, 1.165) is 13.0 Å². The minimum Gasteiger partial charge on any atom is -0.370 e. The molecule has 0 spiro atoms. The molecule has 2 aromatic rings. The molecule has 7 heteroatoms. The highest BCUT2D eigenvalue weighted by molar-refractivity contribution is 6.29. The summed E-state index contributed by atoms with van der Waals surface area (Å²) in [7, 11) is 0. The number of carbonyl (C=O) groups is 1. The van der Waals surface area contributed by atoms with Gasteiger partial charge in [-0.25, -0.2) is 4.98 Å². The van der Waals surface area contributed by atoms with E-state index in [1.54, 1.807) is 23.0 Å². The van der Waals surface area contributed by atoms with Crippen molar-refractivity contribution in [1.29, 1.82) is 0 Å². The lowest BCUT2D eigenvalue weighted by Crippen LogP contribution is -2.27. The molecule has 112 valence electrons. The van der Waals surface area contributed by atoms with Crippen LogP contribution in [0.3, 0.4) is 0 Å². The van der Waals surface area contributed by atoms with Crippen molar-refractivity contribution in [3.05, 3.63) is 41.3 Å². The van der Waals surface area contributed by atoms with E-state index < -0.39 is 0 Å². The third-order valence-corrected chi connectivity index (χ3v) is 2.99. The summed E-state index contributed by atoms with van der Waals surface area (Å²) < 4.78 is 1.76. The van der Waals surface area contributed by atoms with Crippen molar-refractivity contribution in [1.82, 2.24) is 20.1 Å². The molecule has 2 N–H and O–H groups in total. The van der Waals surface area contributed by atoms with E-state index in [4.69, 9.17) is 11.6 Å². The van der Waals surface area contributed by atoms with Crippen molar-refractivity contribution in [3.63, 3.8) is 0 Å². The summed E-state index contributed by atoms with van der Waals surface area (Å²) in [5.41, 5.74) is 0.495. The summed E-state index contributed by atoms with van der Waals surface area (Å²) >= 11 is 5.94. The maximum atomic E-state index is 12.1. The van der Waals surface area contributed by atoms with Gasteiger partial charge in [-0.2, -0.15) is 5.10 Å². The molecule has 2 rings (SSSR count). The van der Waals surface area contributed by atoms with Gasteiger partial charge in [-0.3, -0.25) is 9.48 Å². The first kappa shape index (κ1) is 15.3. The van der Waals surface area contributed by atoms with Gasteiger partial charge in [-0.05, 0) is 24.6 Å². The second-order valence-electron chi connectivity index (χ2n) is 4.52.